The van der Waals surface area contributed by atoms with E-state index in [0.717, 1.165) is 102 Å². The number of piperazine rings is 1. The molecule has 2 aliphatic heterocycles. The number of aliphatic carboxylic acids is 1. The molecule has 0 atom stereocenters. The van der Waals surface area contributed by atoms with E-state index in [9.17, 15) is 19.6 Å². The predicted molar refractivity (Wildman–Crippen MR) is 193 cm³/mol. The standard InChI is InChI=1S/C36H47N5O4S2/c1-3-18-40-33(39-22-20-38(21-23-39)26-28-15-11-10-12-16-28)29(27(2)30(25-37)34(40)44)24-31-35(45)41(36(46)47-31)19-14-9-7-5-4-6-8-13-17-32(42)43/h10-12,15-16,24H,3-9,13-14,17-23,26H2,1-2H3,(H,42,43)/b31-24-. The zero-order chi connectivity index (χ0) is 33.8. The van der Waals surface area contributed by atoms with E-state index in [1.54, 1.807) is 9.47 Å². The summed E-state index contributed by atoms with van der Waals surface area (Å²) in [6, 6.07) is 12.6. The molecule has 1 N–H and O–H groups in total. The number of amides is 1. The molecule has 0 unspecified atom stereocenters. The van der Waals surface area contributed by atoms with E-state index in [1.165, 1.54) is 17.3 Å². The number of nitrogens with zero attached hydrogens (tertiary/aromatic N) is 5. The Morgan fingerprint density at radius 1 is 0.979 bits per heavy atom. The average Bonchev–Trinajstić information content (AvgIpc) is 3.32. The first-order chi connectivity index (χ1) is 22.7. The second kappa shape index (κ2) is 18.2. The number of rotatable bonds is 17. The van der Waals surface area contributed by atoms with Crippen LogP contribution in [0.3, 0.4) is 0 Å². The van der Waals surface area contributed by atoms with Crippen molar-refractivity contribution in [3.63, 3.8) is 0 Å². The molecule has 0 radical (unpaired) electrons. The van der Waals surface area contributed by atoms with Crippen molar-refractivity contribution in [2.24, 2.45) is 0 Å². The highest BCUT2D eigenvalue weighted by molar-refractivity contribution is 8.26. The van der Waals surface area contributed by atoms with Crippen molar-refractivity contribution >= 4 is 52.1 Å². The first-order valence-corrected chi connectivity index (χ1v) is 18.1. The quantitative estimate of drug-likeness (QED) is 0.113. The molecule has 252 valence electrons. The molecule has 4 rings (SSSR count). The molecule has 2 aromatic rings. The molecule has 1 aromatic heterocycles. The summed E-state index contributed by atoms with van der Waals surface area (Å²) in [5.41, 5.74) is 2.45. The van der Waals surface area contributed by atoms with Gasteiger partial charge >= 0.3 is 5.97 Å². The van der Waals surface area contributed by atoms with Crippen molar-refractivity contribution in [2.75, 3.05) is 37.6 Å². The van der Waals surface area contributed by atoms with Gasteiger partial charge in [0.25, 0.3) is 11.5 Å². The molecule has 3 heterocycles. The van der Waals surface area contributed by atoms with Crippen LogP contribution in [-0.4, -0.2) is 68.4 Å². The van der Waals surface area contributed by atoms with Gasteiger partial charge in [0.15, 0.2) is 0 Å². The first kappa shape index (κ1) is 36.4. The molecule has 0 bridgehead atoms. The van der Waals surface area contributed by atoms with Crippen molar-refractivity contribution in [2.45, 2.75) is 91.1 Å². The van der Waals surface area contributed by atoms with E-state index >= 15 is 0 Å². The lowest BCUT2D eigenvalue weighted by Crippen LogP contribution is -2.48. The molecule has 0 saturated carbocycles. The fourth-order valence-electron chi connectivity index (χ4n) is 6.31. The van der Waals surface area contributed by atoms with E-state index in [-0.39, 0.29) is 23.5 Å². The van der Waals surface area contributed by atoms with Crippen molar-refractivity contribution < 1.29 is 14.7 Å². The van der Waals surface area contributed by atoms with Gasteiger partial charge in [-0.2, -0.15) is 5.26 Å². The van der Waals surface area contributed by atoms with Crippen molar-refractivity contribution in [1.29, 1.82) is 5.26 Å². The summed E-state index contributed by atoms with van der Waals surface area (Å²) in [5.74, 6) is -0.0732. The maximum Gasteiger partial charge on any atom is 0.303 e. The second-order valence-electron chi connectivity index (χ2n) is 12.4. The van der Waals surface area contributed by atoms with Gasteiger partial charge in [0.05, 0.1) is 4.91 Å². The molecule has 1 aromatic carbocycles. The van der Waals surface area contributed by atoms with Crippen LogP contribution < -0.4 is 10.5 Å². The van der Waals surface area contributed by atoms with Gasteiger partial charge in [-0.05, 0) is 43.4 Å². The zero-order valence-corrected chi connectivity index (χ0v) is 29.3. The summed E-state index contributed by atoms with van der Waals surface area (Å²) < 4.78 is 2.27. The number of hydrogen-bond donors (Lipinski definition) is 1. The van der Waals surface area contributed by atoms with Crippen LogP contribution in [0, 0.1) is 18.3 Å². The van der Waals surface area contributed by atoms with Gasteiger partial charge in [-0.25, -0.2) is 0 Å². The van der Waals surface area contributed by atoms with E-state index in [0.29, 0.717) is 27.9 Å². The van der Waals surface area contributed by atoms with Crippen LogP contribution in [0.25, 0.3) is 6.08 Å². The lowest BCUT2D eigenvalue weighted by atomic mass is 10.0. The lowest BCUT2D eigenvalue weighted by molar-refractivity contribution is -0.137. The van der Waals surface area contributed by atoms with E-state index in [2.05, 4.69) is 40.1 Å². The Morgan fingerprint density at radius 2 is 1.62 bits per heavy atom. The van der Waals surface area contributed by atoms with Crippen LogP contribution in [0.2, 0.25) is 0 Å². The Hall–Kier alpha value is -3.46. The maximum absolute atomic E-state index is 13.6. The van der Waals surface area contributed by atoms with Gasteiger partial charge in [0.1, 0.15) is 21.8 Å². The fraction of sp³-hybridized carbons (Fsp3) is 0.528. The number of pyridine rings is 1. The first-order valence-electron chi connectivity index (χ1n) is 16.9. The van der Waals surface area contributed by atoms with Crippen molar-refractivity contribution in [1.82, 2.24) is 14.4 Å². The van der Waals surface area contributed by atoms with E-state index in [4.69, 9.17) is 17.3 Å². The molecule has 0 spiro atoms. The van der Waals surface area contributed by atoms with Gasteiger partial charge in [-0.3, -0.25) is 28.8 Å². The number of hydrogen-bond acceptors (Lipinski definition) is 8. The molecular weight excluding hydrogens is 631 g/mol. The second-order valence-corrected chi connectivity index (χ2v) is 14.0. The van der Waals surface area contributed by atoms with Gasteiger partial charge in [0, 0.05) is 57.8 Å². The van der Waals surface area contributed by atoms with Crippen LogP contribution in [0.1, 0.15) is 93.4 Å². The molecule has 2 aliphatic rings. The Kier molecular flexibility index (Phi) is 14.1. The minimum atomic E-state index is -0.730. The summed E-state index contributed by atoms with van der Waals surface area (Å²) in [4.78, 5) is 44.7. The van der Waals surface area contributed by atoms with Gasteiger partial charge < -0.3 is 10.0 Å². The number of benzene rings is 1. The number of carboxylic acids is 1. The predicted octanol–water partition coefficient (Wildman–Crippen LogP) is 6.56. The summed E-state index contributed by atoms with van der Waals surface area (Å²) in [7, 11) is 0. The summed E-state index contributed by atoms with van der Waals surface area (Å²) in [6.07, 6.45) is 10.7. The van der Waals surface area contributed by atoms with Crippen LogP contribution in [-0.2, 0) is 22.7 Å². The third kappa shape index (κ3) is 9.78. The fourth-order valence-corrected chi connectivity index (χ4v) is 7.60. The van der Waals surface area contributed by atoms with Gasteiger partial charge in [-0.1, -0.05) is 99.8 Å². The molecule has 0 aliphatic carbocycles. The van der Waals surface area contributed by atoms with Gasteiger partial charge in [0.2, 0.25) is 0 Å². The van der Waals surface area contributed by atoms with Crippen molar-refractivity contribution in [3.05, 3.63) is 67.8 Å². The van der Waals surface area contributed by atoms with E-state index in [1.807, 2.05) is 26.0 Å². The highest BCUT2D eigenvalue weighted by atomic mass is 32.2. The zero-order valence-electron chi connectivity index (χ0n) is 27.7. The molecule has 1 amide bonds. The number of thiocarbonyl (C=S) groups is 1. The largest absolute Gasteiger partial charge is 0.481 e. The third-order valence-corrected chi connectivity index (χ3v) is 10.3. The Labute approximate surface area is 288 Å². The minimum Gasteiger partial charge on any atom is -0.481 e. The number of anilines is 1. The summed E-state index contributed by atoms with van der Waals surface area (Å²) >= 11 is 6.94. The lowest BCUT2D eigenvalue weighted by Gasteiger charge is -2.38. The number of carboxylic acid groups (broad SMARTS) is 1. The topological polar surface area (TPSA) is 110 Å². The smallest absolute Gasteiger partial charge is 0.303 e. The third-order valence-electron chi connectivity index (χ3n) is 8.89. The maximum atomic E-state index is 13.6. The SMILES string of the molecule is CCCn1c(N2CCN(Cc3ccccc3)CC2)c(/C=C2\SC(=S)N(CCCCCCCCCCC(=O)O)C2=O)c(C)c(C#N)c1=O. The monoisotopic (exact) mass is 677 g/mol. The molecule has 9 nitrogen and oxygen atoms in total. The number of aromatic nitrogens is 1. The van der Waals surface area contributed by atoms with E-state index < -0.39 is 5.97 Å². The number of carbonyl (C=O) groups excluding carboxylic acids is 1. The number of unbranched alkanes of at least 4 members (excludes halogenated alkanes) is 7. The van der Waals surface area contributed by atoms with Gasteiger partial charge in [-0.15, -0.1) is 0 Å². The molecule has 47 heavy (non-hydrogen) atoms. The normalized spacial score (nSPS) is 16.3. The highest BCUT2D eigenvalue weighted by Crippen LogP contribution is 2.36. The molecular formula is C36H47N5O4S2. The van der Waals surface area contributed by atoms with Crippen LogP contribution in [0.15, 0.2) is 40.0 Å². The van der Waals surface area contributed by atoms with Crippen molar-refractivity contribution in [3.8, 4) is 6.07 Å². The van der Waals surface area contributed by atoms with Crippen LogP contribution >= 0.6 is 24.0 Å². The molecule has 2 saturated heterocycles. The Morgan fingerprint density at radius 3 is 2.23 bits per heavy atom. The number of thioether (sulfide) groups is 1. The minimum absolute atomic E-state index is 0.119. The molecule has 11 heteroatoms. The Bertz CT molecular complexity index is 1540. The summed E-state index contributed by atoms with van der Waals surface area (Å²) in [5, 5.41) is 18.7. The Balaban J connectivity index is 1.46. The molecule has 2 fully saturated rings. The number of carbonyl (C=O) groups is 2. The van der Waals surface area contributed by atoms with Crippen LogP contribution in [0.5, 0.6) is 0 Å². The number of nitriles is 1. The van der Waals surface area contributed by atoms with Crippen LogP contribution in [0.4, 0.5) is 5.82 Å². The summed E-state index contributed by atoms with van der Waals surface area (Å²) in [6.45, 7) is 8.87. The average molecular weight is 678 g/mol. The highest BCUT2D eigenvalue weighted by Gasteiger charge is 2.33.